The van der Waals surface area contributed by atoms with E-state index < -0.39 is 0 Å². The fraction of sp³-hybridized carbons (Fsp3) is 0. The molecular formula is C42H27NOS. The normalized spacial score (nSPS) is 11.6. The van der Waals surface area contributed by atoms with Crippen molar-refractivity contribution in [3.05, 3.63) is 164 Å². The van der Waals surface area contributed by atoms with Crippen LogP contribution in [0.5, 0.6) is 0 Å². The molecule has 2 heterocycles. The molecule has 0 aliphatic rings. The van der Waals surface area contributed by atoms with Gasteiger partial charge in [-0.15, -0.1) is 11.3 Å². The topological polar surface area (TPSA) is 16.4 Å². The first-order valence-corrected chi connectivity index (χ1v) is 16.0. The Morgan fingerprint density at radius 2 is 0.911 bits per heavy atom. The third-order valence-corrected chi connectivity index (χ3v) is 9.83. The van der Waals surface area contributed by atoms with Crippen LogP contribution < -0.4 is 4.90 Å². The maximum absolute atomic E-state index is 6.35. The summed E-state index contributed by atoms with van der Waals surface area (Å²) in [6, 6.07) is 58.4. The molecule has 0 unspecified atom stereocenters. The zero-order valence-electron chi connectivity index (χ0n) is 24.4. The number of benzene rings is 7. The Morgan fingerprint density at radius 3 is 1.67 bits per heavy atom. The molecule has 0 aliphatic carbocycles. The summed E-state index contributed by atoms with van der Waals surface area (Å²) in [5.74, 6) is 0. The van der Waals surface area contributed by atoms with Crippen LogP contribution in [0.2, 0.25) is 0 Å². The minimum atomic E-state index is 0.885. The lowest BCUT2D eigenvalue weighted by atomic mass is 10.00. The number of rotatable bonds is 5. The second kappa shape index (κ2) is 10.5. The summed E-state index contributed by atoms with van der Waals surface area (Å²) in [6.45, 7) is 0. The van der Waals surface area contributed by atoms with E-state index in [-0.39, 0.29) is 0 Å². The van der Waals surface area contributed by atoms with Gasteiger partial charge in [-0.3, -0.25) is 0 Å². The van der Waals surface area contributed by atoms with Crippen LogP contribution in [0.4, 0.5) is 17.1 Å². The zero-order chi connectivity index (χ0) is 29.7. The van der Waals surface area contributed by atoms with Crippen LogP contribution >= 0.6 is 11.3 Å². The van der Waals surface area contributed by atoms with Crippen LogP contribution in [0.3, 0.4) is 0 Å². The van der Waals surface area contributed by atoms with Gasteiger partial charge in [0.2, 0.25) is 0 Å². The molecule has 0 N–H and O–H groups in total. The maximum atomic E-state index is 6.35. The second-order valence-electron chi connectivity index (χ2n) is 11.3. The molecule has 0 fully saturated rings. The van der Waals surface area contributed by atoms with E-state index >= 15 is 0 Å². The van der Waals surface area contributed by atoms with Crippen molar-refractivity contribution in [1.82, 2.24) is 0 Å². The van der Waals surface area contributed by atoms with Gasteiger partial charge in [0, 0.05) is 31.2 Å². The highest BCUT2D eigenvalue weighted by Gasteiger charge is 2.22. The number of thiophene rings is 1. The largest absolute Gasteiger partial charge is 0.456 e. The monoisotopic (exact) mass is 593 g/mol. The van der Waals surface area contributed by atoms with Gasteiger partial charge >= 0.3 is 0 Å². The number of anilines is 3. The van der Waals surface area contributed by atoms with Crippen LogP contribution in [0.25, 0.3) is 64.4 Å². The molecule has 2 nitrogen and oxygen atoms in total. The highest BCUT2D eigenvalue weighted by Crippen LogP contribution is 2.48. The predicted molar refractivity (Wildman–Crippen MR) is 192 cm³/mol. The van der Waals surface area contributed by atoms with Crippen molar-refractivity contribution in [2.75, 3.05) is 4.90 Å². The fourth-order valence-corrected chi connectivity index (χ4v) is 7.71. The van der Waals surface area contributed by atoms with Crippen molar-refractivity contribution >= 4 is 70.5 Å². The van der Waals surface area contributed by atoms with Crippen molar-refractivity contribution < 1.29 is 4.42 Å². The smallest absolute Gasteiger partial charge is 0.137 e. The van der Waals surface area contributed by atoms with E-state index in [0.29, 0.717) is 0 Å². The summed E-state index contributed by atoms with van der Waals surface area (Å²) >= 11 is 1.85. The molecule has 212 valence electrons. The van der Waals surface area contributed by atoms with Crippen LogP contribution in [0.1, 0.15) is 0 Å². The molecule has 0 aliphatic heterocycles. The van der Waals surface area contributed by atoms with Crippen LogP contribution in [0, 0.1) is 0 Å². The lowest BCUT2D eigenvalue weighted by Gasteiger charge is -2.27. The van der Waals surface area contributed by atoms with E-state index in [1.54, 1.807) is 0 Å². The Kier molecular flexibility index (Phi) is 6.03. The Balaban J connectivity index is 1.23. The van der Waals surface area contributed by atoms with E-state index in [1.807, 2.05) is 17.4 Å². The molecule has 7 aromatic carbocycles. The summed E-state index contributed by atoms with van der Waals surface area (Å²) in [7, 11) is 0. The Morgan fingerprint density at radius 1 is 0.378 bits per heavy atom. The summed E-state index contributed by atoms with van der Waals surface area (Å²) in [5.41, 5.74) is 9.96. The average Bonchev–Trinajstić information content (AvgIpc) is 3.69. The van der Waals surface area contributed by atoms with Crippen LogP contribution in [0.15, 0.2) is 168 Å². The van der Waals surface area contributed by atoms with E-state index in [4.69, 9.17) is 4.42 Å². The van der Waals surface area contributed by atoms with Crippen LogP contribution in [-0.2, 0) is 0 Å². The zero-order valence-corrected chi connectivity index (χ0v) is 25.2. The number of furan rings is 1. The van der Waals surface area contributed by atoms with Crippen molar-refractivity contribution in [1.29, 1.82) is 0 Å². The molecule has 2 aromatic heterocycles. The summed E-state index contributed by atoms with van der Waals surface area (Å²) in [5, 5.41) is 4.77. The highest BCUT2D eigenvalue weighted by atomic mass is 32.1. The molecule has 9 aromatic rings. The quantitative estimate of drug-likeness (QED) is 0.197. The Bertz CT molecular complexity index is 2360. The summed E-state index contributed by atoms with van der Waals surface area (Å²) in [4.78, 5) is 2.41. The van der Waals surface area contributed by atoms with Gasteiger partial charge in [0.25, 0.3) is 0 Å². The van der Waals surface area contributed by atoms with Crippen LogP contribution in [-0.4, -0.2) is 0 Å². The molecule has 0 amide bonds. The van der Waals surface area contributed by atoms with Gasteiger partial charge in [0.1, 0.15) is 11.2 Å². The summed E-state index contributed by atoms with van der Waals surface area (Å²) in [6.07, 6.45) is 0. The minimum absolute atomic E-state index is 0.885. The molecule has 0 saturated carbocycles. The Hall–Kier alpha value is -5.64. The van der Waals surface area contributed by atoms with E-state index in [2.05, 4.69) is 163 Å². The first kappa shape index (κ1) is 25.8. The SMILES string of the molecule is c1ccc(-c2ccc(-c3ccc(N(c4cccc5oc6ccccc6c45)c4cccc5sc6ccccc6c45)cc3)cc2)cc1. The van der Waals surface area contributed by atoms with Crippen molar-refractivity contribution in [2.24, 2.45) is 0 Å². The predicted octanol–water partition coefficient (Wildman–Crippen LogP) is 12.8. The number of fused-ring (bicyclic) bond motifs is 6. The van der Waals surface area contributed by atoms with Gasteiger partial charge in [-0.1, -0.05) is 115 Å². The number of hydrogen-bond acceptors (Lipinski definition) is 3. The lowest BCUT2D eigenvalue weighted by Crippen LogP contribution is -2.10. The molecule has 0 radical (unpaired) electrons. The number of hydrogen-bond donors (Lipinski definition) is 0. The van der Waals surface area contributed by atoms with Gasteiger partial charge in [-0.2, -0.15) is 0 Å². The summed E-state index contributed by atoms with van der Waals surface area (Å²) < 4.78 is 8.92. The van der Waals surface area contributed by atoms with Crippen molar-refractivity contribution in [2.45, 2.75) is 0 Å². The van der Waals surface area contributed by atoms with Gasteiger partial charge < -0.3 is 9.32 Å². The van der Waals surface area contributed by atoms with E-state index in [1.165, 1.54) is 42.4 Å². The first-order valence-electron chi connectivity index (χ1n) is 15.2. The molecule has 9 rings (SSSR count). The first-order chi connectivity index (χ1) is 22.3. The number of para-hydroxylation sites is 1. The standard InChI is InChI=1S/C42H27NOS/c1-2-10-28(11-3-1)29-20-22-30(23-21-29)31-24-26-32(27-25-31)43(35-14-8-17-38-41(35)33-12-4-6-16-37(33)44-38)36-15-9-19-40-42(36)34-13-5-7-18-39(34)45-40/h1-27H. The number of nitrogens with zero attached hydrogens (tertiary/aromatic N) is 1. The molecule has 45 heavy (non-hydrogen) atoms. The van der Waals surface area contributed by atoms with Crippen molar-refractivity contribution in [3.8, 4) is 22.3 Å². The van der Waals surface area contributed by atoms with Gasteiger partial charge in [0.15, 0.2) is 0 Å². The minimum Gasteiger partial charge on any atom is -0.456 e. The fourth-order valence-electron chi connectivity index (χ4n) is 6.58. The third-order valence-electron chi connectivity index (χ3n) is 8.69. The molecule has 0 bridgehead atoms. The highest BCUT2D eigenvalue weighted by molar-refractivity contribution is 7.26. The molecule has 0 atom stereocenters. The van der Waals surface area contributed by atoms with Gasteiger partial charge in [-0.05, 0) is 70.8 Å². The molecule has 0 saturated heterocycles. The third kappa shape index (κ3) is 4.32. The van der Waals surface area contributed by atoms with Gasteiger partial charge in [-0.25, -0.2) is 0 Å². The molecule has 3 heteroatoms. The van der Waals surface area contributed by atoms with Crippen molar-refractivity contribution in [3.63, 3.8) is 0 Å². The lowest BCUT2D eigenvalue weighted by molar-refractivity contribution is 0.669. The van der Waals surface area contributed by atoms with Gasteiger partial charge in [0.05, 0.1) is 16.8 Å². The molecular weight excluding hydrogens is 567 g/mol. The maximum Gasteiger partial charge on any atom is 0.137 e. The van der Waals surface area contributed by atoms with E-state index in [0.717, 1.165) is 39.0 Å². The van der Waals surface area contributed by atoms with E-state index in [9.17, 15) is 0 Å². The second-order valence-corrected chi connectivity index (χ2v) is 12.4. The molecule has 0 spiro atoms. The average molecular weight is 594 g/mol. The Labute approximate surface area is 265 Å².